The molecule has 0 aromatic carbocycles. The van der Waals surface area contributed by atoms with Crippen molar-refractivity contribution in [2.75, 3.05) is 13.6 Å². The minimum Gasteiger partial charge on any atom is -0.300 e. The second-order valence-electron chi connectivity index (χ2n) is 6.08. The lowest BCUT2D eigenvalue weighted by molar-refractivity contribution is 0.213. The van der Waals surface area contributed by atoms with Crippen LogP contribution in [0.15, 0.2) is 18.2 Å². The van der Waals surface area contributed by atoms with Crippen molar-refractivity contribution in [3.63, 3.8) is 0 Å². The SMILES string of the molecule is CN(Cc1cccc(Cl)n1)CC1CC2CCC1C2. The summed E-state index contributed by atoms with van der Waals surface area (Å²) in [5, 5.41) is 0.598. The number of pyridine rings is 1. The molecule has 0 aliphatic heterocycles. The van der Waals surface area contributed by atoms with E-state index in [4.69, 9.17) is 11.6 Å². The van der Waals surface area contributed by atoms with Gasteiger partial charge >= 0.3 is 0 Å². The van der Waals surface area contributed by atoms with Crippen LogP contribution in [0.2, 0.25) is 5.15 Å². The van der Waals surface area contributed by atoms with E-state index in [-0.39, 0.29) is 0 Å². The fourth-order valence-corrected chi connectivity index (χ4v) is 4.06. The third-order valence-corrected chi connectivity index (χ3v) is 4.85. The van der Waals surface area contributed by atoms with E-state index in [0.29, 0.717) is 5.15 Å². The van der Waals surface area contributed by atoms with E-state index in [1.165, 1.54) is 32.2 Å². The van der Waals surface area contributed by atoms with Gasteiger partial charge in [0.2, 0.25) is 0 Å². The number of nitrogens with zero attached hydrogens (tertiary/aromatic N) is 2. The van der Waals surface area contributed by atoms with E-state index in [2.05, 4.69) is 23.0 Å². The Kier molecular flexibility index (Phi) is 3.58. The van der Waals surface area contributed by atoms with Crippen molar-refractivity contribution in [3.8, 4) is 0 Å². The molecule has 18 heavy (non-hydrogen) atoms. The highest BCUT2D eigenvalue weighted by molar-refractivity contribution is 6.29. The maximum Gasteiger partial charge on any atom is 0.129 e. The molecule has 3 atom stereocenters. The van der Waals surface area contributed by atoms with Gasteiger partial charge in [0.15, 0.2) is 0 Å². The lowest BCUT2D eigenvalue weighted by atomic mass is 9.88. The molecule has 0 spiro atoms. The van der Waals surface area contributed by atoms with Crippen LogP contribution in [0.3, 0.4) is 0 Å². The Balaban J connectivity index is 1.54. The number of aromatic nitrogens is 1. The maximum absolute atomic E-state index is 5.92. The highest BCUT2D eigenvalue weighted by Gasteiger charge is 2.39. The minimum atomic E-state index is 0.598. The molecule has 0 N–H and O–H groups in total. The number of hydrogen-bond donors (Lipinski definition) is 0. The summed E-state index contributed by atoms with van der Waals surface area (Å²) in [6.45, 7) is 2.13. The highest BCUT2D eigenvalue weighted by atomic mass is 35.5. The Morgan fingerprint density at radius 1 is 1.33 bits per heavy atom. The second kappa shape index (κ2) is 5.18. The van der Waals surface area contributed by atoms with Gasteiger partial charge in [0, 0.05) is 13.1 Å². The van der Waals surface area contributed by atoms with Gasteiger partial charge < -0.3 is 4.90 Å². The monoisotopic (exact) mass is 264 g/mol. The molecular formula is C15H21ClN2. The van der Waals surface area contributed by atoms with Gasteiger partial charge in [-0.15, -0.1) is 0 Å². The van der Waals surface area contributed by atoms with E-state index in [1.54, 1.807) is 0 Å². The maximum atomic E-state index is 5.92. The first-order chi connectivity index (χ1) is 8.70. The summed E-state index contributed by atoms with van der Waals surface area (Å²) in [5.74, 6) is 2.97. The molecule has 1 aromatic heterocycles. The molecule has 0 saturated heterocycles. The zero-order valence-corrected chi connectivity index (χ0v) is 11.7. The van der Waals surface area contributed by atoms with Gasteiger partial charge in [0.25, 0.3) is 0 Å². The lowest BCUT2D eigenvalue weighted by Gasteiger charge is -2.27. The zero-order valence-electron chi connectivity index (χ0n) is 11.0. The first-order valence-corrected chi connectivity index (χ1v) is 7.38. The van der Waals surface area contributed by atoms with Crippen LogP contribution in [0.25, 0.3) is 0 Å². The summed E-state index contributed by atoms with van der Waals surface area (Å²) >= 11 is 5.92. The lowest BCUT2D eigenvalue weighted by Crippen LogP contribution is -2.28. The standard InChI is InChI=1S/C15H21ClN2/c1-18(10-14-3-2-4-15(16)17-14)9-13-8-11-5-6-12(13)7-11/h2-4,11-13H,5-10H2,1H3. The quantitative estimate of drug-likeness (QED) is 0.773. The summed E-state index contributed by atoms with van der Waals surface area (Å²) in [6.07, 6.45) is 5.91. The van der Waals surface area contributed by atoms with Crippen molar-refractivity contribution < 1.29 is 0 Å². The number of halogens is 1. The summed E-state index contributed by atoms with van der Waals surface area (Å²) < 4.78 is 0. The first kappa shape index (κ1) is 12.4. The van der Waals surface area contributed by atoms with E-state index in [1.807, 2.05) is 12.1 Å². The van der Waals surface area contributed by atoms with E-state index in [0.717, 1.165) is 30.0 Å². The molecule has 2 aliphatic rings. The number of rotatable bonds is 4. The molecule has 1 aromatic rings. The molecular weight excluding hydrogens is 244 g/mol. The van der Waals surface area contributed by atoms with Crippen molar-refractivity contribution in [2.24, 2.45) is 17.8 Å². The number of fused-ring (bicyclic) bond motifs is 2. The van der Waals surface area contributed by atoms with Crippen molar-refractivity contribution >= 4 is 11.6 Å². The average molecular weight is 265 g/mol. The van der Waals surface area contributed by atoms with Gasteiger partial charge in [-0.1, -0.05) is 24.1 Å². The van der Waals surface area contributed by atoms with Gasteiger partial charge in [-0.2, -0.15) is 0 Å². The Labute approximate surface area is 114 Å². The van der Waals surface area contributed by atoms with Crippen LogP contribution in [-0.4, -0.2) is 23.5 Å². The fourth-order valence-electron chi connectivity index (χ4n) is 3.88. The third-order valence-electron chi connectivity index (χ3n) is 4.64. The molecule has 2 aliphatic carbocycles. The number of hydrogen-bond acceptors (Lipinski definition) is 2. The third kappa shape index (κ3) is 2.70. The molecule has 3 rings (SSSR count). The summed E-state index contributed by atoms with van der Waals surface area (Å²) in [4.78, 5) is 6.77. The molecule has 0 amide bonds. The van der Waals surface area contributed by atoms with Gasteiger partial charge in [-0.25, -0.2) is 4.98 Å². The van der Waals surface area contributed by atoms with Crippen LogP contribution < -0.4 is 0 Å². The van der Waals surface area contributed by atoms with Crippen molar-refractivity contribution in [1.29, 1.82) is 0 Å². The molecule has 98 valence electrons. The van der Waals surface area contributed by atoms with Crippen LogP contribution in [0.5, 0.6) is 0 Å². The smallest absolute Gasteiger partial charge is 0.129 e. The molecule has 0 radical (unpaired) electrons. The molecule has 2 nitrogen and oxygen atoms in total. The molecule has 3 heteroatoms. The van der Waals surface area contributed by atoms with Crippen molar-refractivity contribution in [3.05, 3.63) is 29.0 Å². The van der Waals surface area contributed by atoms with E-state index < -0.39 is 0 Å². The summed E-state index contributed by atoms with van der Waals surface area (Å²) in [5.41, 5.74) is 1.08. The van der Waals surface area contributed by atoms with Gasteiger partial charge in [-0.3, -0.25) is 0 Å². The van der Waals surface area contributed by atoms with E-state index in [9.17, 15) is 0 Å². The van der Waals surface area contributed by atoms with Gasteiger partial charge in [-0.05, 0) is 56.2 Å². The van der Waals surface area contributed by atoms with Gasteiger partial charge in [0.05, 0.1) is 5.69 Å². The van der Waals surface area contributed by atoms with Crippen LogP contribution in [0.1, 0.15) is 31.4 Å². The molecule has 2 saturated carbocycles. The normalized spacial score (nSPS) is 30.3. The van der Waals surface area contributed by atoms with Crippen LogP contribution >= 0.6 is 11.6 Å². The predicted octanol–water partition coefficient (Wildman–Crippen LogP) is 3.60. The van der Waals surface area contributed by atoms with Gasteiger partial charge in [0.1, 0.15) is 5.15 Å². The van der Waals surface area contributed by atoms with Crippen molar-refractivity contribution in [1.82, 2.24) is 9.88 Å². The molecule has 3 unspecified atom stereocenters. The average Bonchev–Trinajstić information content (AvgIpc) is 2.90. The van der Waals surface area contributed by atoms with E-state index >= 15 is 0 Å². The highest BCUT2D eigenvalue weighted by Crippen LogP contribution is 2.48. The largest absolute Gasteiger partial charge is 0.300 e. The Bertz CT molecular complexity index is 421. The van der Waals surface area contributed by atoms with Crippen LogP contribution in [0.4, 0.5) is 0 Å². The summed E-state index contributed by atoms with van der Waals surface area (Å²) in [7, 11) is 2.20. The van der Waals surface area contributed by atoms with Crippen molar-refractivity contribution in [2.45, 2.75) is 32.2 Å². The van der Waals surface area contributed by atoms with Crippen LogP contribution in [0, 0.1) is 17.8 Å². The Morgan fingerprint density at radius 2 is 2.22 bits per heavy atom. The predicted molar refractivity (Wildman–Crippen MR) is 74.5 cm³/mol. The minimum absolute atomic E-state index is 0.598. The molecule has 1 heterocycles. The molecule has 2 bridgehead atoms. The topological polar surface area (TPSA) is 16.1 Å². The second-order valence-corrected chi connectivity index (χ2v) is 6.47. The Hall–Kier alpha value is -0.600. The van der Waals surface area contributed by atoms with Crippen LogP contribution in [-0.2, 0) is 6.54 Å². The summed E-state index contributed by atoms with van der Waals surface area (Å²) in [6, 6.07) is 5.88. The Morgan fingerprint density at radius 3 is 2.89 bits per heavy atom. The fraction of sp³-hybridized carbons (Fsp3) is 0.667. The zero-order chi connectivity index (χ0) is 12.5. The first-order valence-electron chi connectivity index (χ1n) is 7.00. The molecule has 2 fully saturated rings.